The molecule has 4 rings (SSSR count). The maximum Gasteiger partial charge on any atom is 0.322 e. The number of alkyl halides is 1. The highest BCUT2D eigenvalue weighted by molar-refractivity contribution is 14.1. The van der Waals surface area contributed by atoms with E-state index in [2.05, 4.69) is 39.7 Å². The Morgan fingerprint density at radius 2 is 1.95 bits per heavy atom. The largest absolute Gasteiger partial charge is 0.458 e. The highest BCUT2D eigenvalue weighted by Gasteiger charge is 2.59. The Kier molecular flexibility index (Phi) is 3.97. The van der Waals surface area contributed by atoms with Crippen LogP contribution in [0.1, 0.15) is 58.3 Å². The summed E-state index contributed by atoms with van der Waals surface area (Å²) in [5, 5.41) is 3.54. The normalized spacial score (nSPS) is 41.4. The molecule has 2 saturated heterocycles. The Balaban J connectivity index is 1.47. The molecule has 2 aliphatic carbocycles. The molecule has 2 heterocycles. The van der Waals surface area contributed by atoms with Gasteiger partial charge in [0.25, 0.3) is 0 Å². The first kappa shape index (κ1) is 15.6. The van der Waals surface area contributed by atoms with E-state index in [1.807, 2.05) is 0 Å². The van der Waals surface area contributed by atoms with Crippen molar-refractivity contribution in [3.63, 3.8) is 0 Å². The minimum atomic E-state index is -0.211. The van der Waals surface area contributed by atoms with E-state index >= 15 is 0 Å². The van der Waals surface area contributed by atoms with Crippen molar-refractivity contribution in [1.29, 1.82) is 0 Å². The number of halogens is 1. The van der Waals surface area contributed by atoms with Crippen LogP contribution >= 0.6 is 22.6 Å². The van der Waals surface area contributed by atoms with Gasteiger partial charge in [0.15, 0.2) is 0 Å². The molecule has 0 spiro atoms. The topological polar surface area (TPSA) is 41.3 Å². The summed E-state index contributed by atoms with van der Waals surface area (Å²) in [7, 11) is 0. The first-order chi connectivity index (χ1) is 10.6. The van der Waals surface area contributed by atoms with Crippen LogP contribution < -0.4 is 5.32 Å². The minimum Gasteiger partial charge on any atom is -0.458 e. The summed E-state index contributed by atoms with van der Waals surface area (Å²) >= 11 is 2.31. The predicted molar refractivity (Wildman–Crippen MR) is 94.0 cm³/mol. The highest BCUT2D eigenvalue weighted by Crippen LogP contribution is 2.47. The zero-order chi connectivity index (χ0) is 15.4. The smallest absolute Gasteiger partial charge is 0.322 e. The molecular formula is C17H27IN2O2. The summed E-state index contributed by atoms with van der Waals surface area (Å²) in [4.78, 5) is 15.3. The van der Waals surface area contributed by atoms with Gasteiger partial charge >= 0.3 is 5.97 Å². The lowest BCUT2D eigenvalue weighted by molar-refractivity contribution is -0.166. The van der Waals surface area contributed by atoms with E-state index in [0.29, 0.717) is 12.0 Å². The Morgan fingerprint density at radius 3 is 2.50 bits per heavy atom. The van der Waals surface area contributed by atoms with Gasteiger partial charge in [0.2, 0.25) is 0 Å². The highest BCUT2D eigenvalue weighted by atomic mass is 127. The molecule has 2 saturated carbocycles. The third kappa shape index (κ3) is 2.42. The fraction of sp³-hybridized carbons (Fsp3) is 0.941. The number of esters is 1. The molecule has 4 fully saturated rings. The molecule has 0 bridgehead atoms. The fourth-order valence-electron chi connectivity index (χ4n) is 5.09. The molecule has 2 aliphatic heterocycles. The monoisotopic (exact) mass is 418 g/mol. The van der Waals surface area contributed by atoms with Crippen LogP contribution in [0.25, 0.3) is 0 Å². The van der Waals surface area contributed by atoms with E-state index in [1.165, 1.54) is 38.5 Å². The lowest BCUT2D eigenvalue weighted by atomic mass is 9.84. The lowest BCUT2D eigenvalue weighted by Gasteiger charge is -2.38. The van der Waals surface area contributed by atoms with Crippen molar-refractivity contribution in [2.45, 2.75) is 79.5 Å². The summed E-state index contributed by atoms with van der Waals surface area (Å²) in [6, 6.07) is 0.644. The zero-order valence-corrected chi connectivity index (χ0v) is 15.6. The second-order valence-corrected chi connectivity index (χ2v) is 9.12. The van der Waals surface area contributed by atoms with Crippen LogP contribution in [-0.2, 0) is 9.53 Å². The van der Waals surface area contributed by atoms with Gasteiger partial charge in [0, 0.05) is 19.1 Å². The van der Waals surface area contributed by atoms with Gasteiger partial charge in [-0.15, -0.1) is 0 Å². The van der Waals surface area contributed by atoms with E-state index in [0.717, 1.165) is 25.9 Å². The van der Waals surface area contributed by atoms with Crippen molar-refractivity contribution >= 4 is 28.6 Å². The number of nitrogens with zero attached hydrogens (tertiary/aromatic N) is 1. The molecule has 22 heavy (non-hydrogen) atoms. The van der Waals surface area contributed by atoms with Crippen molar-refractivity contribution in [1.82, 2.24) is 10.2 Å². The average Bonchev–Trinajstić information content (AvgIpc) is 2.91. The second-order valence-electron chi connectivity index (χ2n) is 7.87. The van der Waals surface area contributed by atoms with E-state index in [-0.39, 0.29) is 21.2 Å². The Labute approximate surface area is 146 Å². The van der Waals surface area contributed by atoms with Crippen LogP contribution in [0.4, 0.5) is 0 Å². The molecule has 0 amide bonds. The SMILES string of the molecule is CC1(C(I)C(=O)OC2(C3CCCC3)CCCC2)NCC2CN21. The maximum atomic E-state index is 12.9. The van der Waals surface area contributed by atoms with Crippen molar-refractivity contribution in [3.05, 3.63) is 0 Å². The summed E-state index contributed by atoms with van der Waals surface area (Å²) in [6.45, 7) is 4.30. The molecule has 1 N–H and O–H groups in total. The third-order valence-corrected chi connectivity index (χ3v) is 8.28. The number of ether oxygens (including phenoxy) is 1. The van der Waals surface area contributed by atoms with Gasteiger partial charge in [-0.2, -0.15) is 0 Å². The van der Waals surface area contributed by atoms with E-state index in [1.54, 1.807) is 0 Å². The zero-order valence-electron chi connectivity index (χ0n) is 13.4. The third-order valence-electron chi connectivity index (χ3n) is 6.56. The van der Waals surface area contributed by atoms with Gasteiger partial charge in [0.1, 0.15) is 9.53 Å². The quantitative estimate of drug-likeness (QED) is 0.330. The van der Waals surface area contributed by atoms with E-state index in [4.69, 9.17) is 4.74 Å². The van der Waals surface area contributed by atoms with Crippen LogP contribution in [0.2, 0.25) is 0 Å². The van der Waals surface area contributed by atoms with Crippen LogP contribution in [-0.4, -0.2) is 45.2 Å². The molecule has 0 radical (unpaired) electrons. The van der Waals surface area contributed by atoms with E-state index in [9.17, 15) is 4.79 Å². The van der Waals surface area contributed by atoms with Crippen molar-refractivity contribution in [2.24, 2.45) is 5.92 Å². The van der Waals surface area contributed by atoms with Crippen molar-refractivity contribution in [2.75, 3.05) is 13.1 Å². The molecule has 124 valence electrons. The van der Waals surface area contributed by atoms with Gasteiger partial charge in [0.05, 0.1) is 5.66 Å². The number of carbonyl (C=O) groups excluding carboxylic acids is 1. The van der Waals surface area contributed by atoms with Gasteiger partial charge in [-0.3, -0.25) is 15.0 Å². The second kappa shape index (κ2) is 5.59. The number of carbonyl (C=O) groups is 1. The molecule has 4 nitrogen and oxygen atoms in total. The number of nitrogens with one attached hydrogen (secondary N) is 1. The number of hydrogen-bond acceptors (Lipinski definition) is 4. The Hall–Kier alpha value is 0.120. The Morgan fingerprint density at radius 1 is 1.27 bits per heavy atom. The molecular weight excluding hydrogens is 391 g/mol. The summed E-state index contributed by atoms with van der Waals surface area (Å²) in [6.07, 6.45) is 9.75. The standard InChI is InChI=1S/C17H27IN2O2/c1-16(19-10-13-11-20(13)16)14(18)15(21)22-17(8-4-5-9-17)12-6-2-3-7-12/h12-14,19H,2-11H2,1H3. The average molecular weight is 418 g/mol. The van der Waals surface area contributed by atoms with Gasteiger partial charge in [-0.25, -0.2) is 0 Å². The van der Waals surface area contributed by atoms with Gasteiger partial charge in [-0.05, 0) is 51.4 Å². The minimum absolute atomic E-state index is 0.0111. The van der Waals surface area contributed by atoms with Crippen molar-refractivity contribution < 1.29 is 9.53 Å². The van der Waals surface area contributed by atoms with Gasteiger partial charge < -0.3 is 4.74 Å². The van der Waals surface area contributed by atoms with Crippen LogP contribution in [0, 0.1) is 5.92 Å². The molecule has 0 aromatic carbocycles. The van der Waals surface area contributed by atoms with Crippen LogP contribution in [0.15, 0.2) is 0 Å². The summed E-state index contributed by atoms with van der Waals surface area (Å²) in [5.74, 6) is 0.623. The van der Waals surface area contributed by atoms with Crippen LogP contribution in [0.3, 0.4) is 0 Å². The molecule has 0 aromatic heterocycles. The maximum absolute atomic E-state index is 12.9. The van der Waals surface area contributed by atoms with Gasteiger partial charge in [-0.1, -0.05) is 35.4 Å². The predicted octanol–water partition coefficient (Wildman–Crippen LogP) is 2.84. The summed E-state index contributed by atoms with van der Waals surface area (Å²) < 4.78 is 6.15. The molecule has 4 atom stereocenters. The lowest BCUT2D eigenvalue weighted by Crippen LogP contribution is -2.56. The number of rotatable bonds is 4. The van der Waals surface area contributed by atoms with E-state index < -0.39 is 0 Å². The molecule has 0 aromatic rings. The molecule has 5 heteroatoms. The number of fused-ring (bicyclic) bond motifs is 1. The fourth-order valence-corrected chi connectivity index (χ4v) is 5.79. The molecule has 4 aliphatic rings. The molecule has 4 unspecified atom stereocenters. The summed E-state index contributed by atoms with van der Waals surface area (Å²) in [5.41, 5.74) is -0.345. The first-order valence-corrected chi connectivity index (χ1v) is 10.2. The number of hydrogen-bond donors (Lipinski definition) is 1. The first-order valence-electron chi connectivity index (χ1n) is 8.94. The van der Waals surface area contributed by atoms with Crippen molar-refractivity contribution in [3.8, 4) is 0 Å². The van der Waals surface area contributed by atoms with Crippen LogP contribution in [0.5, 0.6) is 0 Å². The Bertz CT molecular complexity index is 460.